The second-order valence-corrected chi connectivity index (χ2v) is 4.62. The lowest BCUT2D eigenvalue weighted by Crippen LogP contribution is -2.06. The van der Waals surface area contributed by atoms with Crippen molar-refractivity contribution in [2.45, 2.75) is 19.3 Å². The minimum absolute atomic E-state index is 0.135. The van der Waals surface area contributed by atoms with Gasteiger partial charge in [0, 0.05) is 19.3 Å². The van der Waals surface area contributed by atoms with Crippen molar-refractivity contribution in [1.29, 1.82) is 0 Å². The van der Waals surface area contributed by atoms with Crippen molar-refractivity contribution in [2.75, 3.05) is 18.5 Å². The van der Waals surface area contributed by atoms with Gasteiger partial charge in [-0.05, 0) is 31.4 Å². The summed E-state index contributed by atoms with van der Waals surface area (Å²) < 4.78 is 14.1. The van der Waals surface area contributed by atoms with Gasteiger partial charge in [0.05, 0.1) is 22.1 Å². The molecule has 2 aromatic rings. The standard InChI is InChI=1S/C14H16FN3O3/c15-11-9-12(18(20)21)10-5-4-7-16-13(10)14(11)17-6-2-1-3-8-19/h4-5,7,9,17,19H,1-3,6,8H2. The smallest absolute Gasteiger partial charge is 0.281 e. The first kappa shape index (κ1) is 15.1. The first-order valence-corrected chi connectivity index (χ1v) is 6.71. The summed E-state index contributed by atoms with van der Waals surface area (Å²) in [5.41, 5.74) is 0.146. The molecule has 1 aromatic carbocycles. The maximum atomic E-state index is 14.1. The van der Waals surface area contributed by atoms with Crippen molar-refractivity contribution in [3.63, 3.8) is 0 Å². The van der Waals surface area contributed by atoms with E-state index in [4.69, 9.17) is 5.11 Å². The zero-order valence-corrected chi connectivity index (χ0v) is 11.4. The number of hydrogen-bond donors (Lipinski definition) is 2. The van der Waals surface area contributed by atoms with E-state index in [1.807, 2.05) is 0 Å². The number of hydrogen-bond acceptors (Lipinski definition) is 5. The van der Waals surface area contributed by atoms with Crippen LogP contribution in [0.15, 0.2) is 24.4 Å². The molecule has 0 atom stereocenters. The number of nitrogens with one attached hydrogen (secondary N) is 1. The van der Waals surface area contributed by atoms with Gasteiger partial charge in [-0.25, -0.2) is 4.39 Å². The molecule has 21 heavy (non-hydrogen) atoms. The zero-order chi connectivity index (χ0) is 15.2. The number of aliphatic hydroxyl groups is 1. The van der Waals surface area contributed by atoms with Gasteiger partial charge in [-0.2, -0.15) is 0 Å². The van der Waals surface area contributed by atoms with Crippen molar-refractivity contribution in [3.05, 3.63) is 40.3 Å². The molecule has 1 heterocycles. The normalized spacial score (nSPS) is 10.8. The Kier molecular flexibility index (Phi) is 4.99. The highest BCUT2D eigenvalue weighted by Gasteiger charge is 2.19. The molecule has 0 radical (unpaired) electrons. The van der Waals surface area contributed by atoms with Gasteiger partial charge in [-0.1, -0.05) is 0 Å². The largest absolute Gasteiger partial charge is 0.396 e. The zero-order valence-electron chi connectivity index (χ0n) is 11.4. The van der Waals surface area contributed by atoms with Crippen LogP contribution in [0.25, 0.3) is 10.9 Å². The lowest BCUT2D eigenvalue weighted by molar-refractivity contribution is -0.383. The average molecular weight is 293 g/mol. The molecule has 0 unspecified atom stereocenters. The van der Waals surface area contributed by atoms with Crippen LogP contribution in [0.2, 0.25) is 0 Å². The highest BCUT2D eigenvalue weighted by atomic mass is 19.1. The van der Waals surface area contributed by atoms with E-state index in [-0.39, 0.29) is 23.5 Å². The quantitative estimate of drug-likeness (QED) is 0.465. The van der Waals surface area contributed by atoms with E-state index in [1.54, 1.807) is 12.1 Å². The van der Waals surface area contributed by atoms with Crippen molar-refractivity contribution >= 4 is 22.3 Å². The number of unbranched alkanes of at least 4 members (excludes halogenated alkanes) is 2. The number of halogens is 1. The fourth-order valence-electron chi connectivity index (χ4n) is 2.14. The van der Waals surface area contributed by atoms with Crippen molar-refractivity contribution < 1.29 is 14.4 Å². The third-order valence-corrected chi connectivity index (χ3v) is 3.16. The molecule has 2 N–H and O–H groups in total. The van der Waals surface area contributed by atoms with Gasteiger partial charge < -0.3 is 10.4 Å². The number of aromatic nitrogens is 1. The van der Waals surface area contributed by atoms with E-state index < -0.39 is 10.7 Å². The third-order valence-electron chi connectivity index (χ3n) is 3.16. The molecule has 0 amide bonds. The molecule has 0 fully saturated rings. The van der Waals surface area contributed by atoms with Crippen LogP contribution in [0.1, 0.15) is 19.3 Å². The lowest BCUT2D eigenvalue weighted by atomic mass is 10.1. The van der Waals surface area contributed by atoms with Crippen LogP contribution in [0, 0.1) is 15.9 Å². The SMILES string of the molecule is O=[N+]([O-])c1cc(F)c(NCCCCCO)c2ncccc12. The summed E-state index contributed by atoms with van der Waals surface area (Å²) in [6, 6.07) is 4.05. The Morgan fingerprint density at radius 3 is 2.90 bits per heavy atom. The van der Waals surface area contributed by atoms with E-state index in [1.165, 1.54) is 6.20 Å². The van der Waals surface area contributed by atoms with E-state index in [0.29, 0.717) is 18.4 Å². The van der Waals surface area contributed by atoms with Gasteiger partial charge >= 0.3 is 0 Å². The Morgan fingerprint density at radius 1 is 1.38 bits per heavy atom. The molecule has 0 saturated heterocycles. The molecule has 112 valence electrons. The average Bonchev–Trinajstić information content (AvgIpc) is 2.48. The number of rotatable bonds is 7. The van der Waals surface area contributed by atoms with Crippen LogP contribution in [0.4, 0.5) is 15.8 Å². The molecule has 0 aliphatic heterocycles. The molecule has 0 saturated carbocycles. The van der Waals surface area contributed by atoms with Gasteiger partial charge in [0.2, 0.25) is 0 Å². The number of non-ortho nitro benzene ring substituents is 1. The summed E-state index contributed by atoms with van der Waals surface area (Å²) in [7, 11) is 0. The van der Waals surface area contributed by atoms with E-state index in [2.05, 4.69) is 10.3 Å². The Labute approximate surface area is 120 Å². The Balaban J connectivity index is 2.29. The van der Waals surface area contributed by atoms with Crippen LogP contribution in [0.3, 0.4) is 0 Å². The summed E-state index contributed by atoms with van der Waals surface area (Å²) in [6.45, 7) is 0.650. The second-order valence-electron chi connectivity index (χ2n) is 4.62. The van der Waals surface area contributed by atoms with E-state index in [0.717, 1.165) is 18.9 Å². The Hall–Kier alpha value is -2.28. The molecule has 7 heteroatoms. The van der Waals surface area contributed by atoms with Crippen LogP contribution in [-0.4, -0.2) is 28.2 Å². The topological polar surface area (TPSA) is 88.3 Å². The predicted molar refractivity (Wildman–Crippen MR) is 77.8 cm³/mol. The first-order valence-electron chi connectivity index (χ1n) is 6.71. The number of pyridine rings is 1. The summed E-state index contributed by atoms with van der Waals surface area (Å²) in [5.74, 6) is -0.685. The summed E-state index contributed by atoms with van der Waals surface area (Å²) in [5, 5.41) is 22.9. The number of nitro benzene ring substituents is 1. The number of fused-ring (bicyclic) bond motifs is 1. The fraction of sp³-hybridized carbons (Fsp3) is 0.357. The predicted octanol–water partition coefficient (Wildman–Crippen LogP) is 2.86. The molecular weight excluding hydrogens is 277 g/mol. The molecule has 6 nitrogen and oxygen atoms in total. The third kappa shape index (κ3) is 3.43. The lowest BCUT2D eigenvalue weighted by Gasteiger charge is -2.10. The van der Waals surface area contributed by atoms with Gasteiger partial charge in [0.25, 0.3) is 5.69 Å². The number of anilines is 1. The van der Waals surface area contributed by atoms with Crippen LogP contribution in [0.5, 0.6) is 0 Å². The second kappa shape index (κ2) is 6.94. The summed E-state index contributed by atoms with van der Waals surface area (Å²) in [6.07, 6.45) is 3.76. The molecule has 0 aliphatic rings. The van der Waals surface area contributed by atoms with Crippen molar-refractivity contribution in [2.24, 2.45) is 0 Å². The van der Waals surface area contributed by atoms with Crippen molar-refractivity contribution in [1.82, 2.24) is 4.98 Å². The monoisotopic (exact) mass is 293 g/mol. The highest BCUT2D eigenvalue weighted by molar-refractivity contribution is 5.97. The minimum Gasteiger partial charge on any atom is -0.396 e. The summed E-state index contributed by atoms with van der Waals surface area (Å²) >= 11 is 0. The van der Waals surface area contributed by atoms with Crippen LogP contribution < -0.4 is 5.32 Å². The molecule has 0 bridgehead atoms. The van der Waals surface area contributed by atoms with Crippen molar-refractivity contribution in [3.8, 4) is 0 Å². The van der Waals surface area contributed by atoms with Gasteiger partial charge in [-0.3, -0.25) is 15.1 Å². The van der Waals surface area contributed by atoms with Gasteiger partial charge in [0.15, 0.2) is 5.82 Å². The molecular formula is C14H16FN3O3. The van der Waals surface area contributed by atoms with Gasteiger partial charge in [-0.15, -0.1) is 0 Å². The van der Waals surface area contributed by atoms with Crippen LogP contribution >= 0.6 is 0 Å². The Morgan fingerprint density at radius 2 is 2.19 bits per heavy atom. The van der Waals surface area contributed by atoms with Gasteiger partial charge in [0.1, 0.15) is 5.52 Å². The number of nitrogens with zero attached hydrogens (tertiary/aromatic N) is 2. The highest BCUT2D eigenvalue weighted by Crippen LogP contribution is 2.32. The summed E-state index contributed by atoms with van der Waals surface area (Å²) in [4.78, 5) is 14.4. The number of benzene rings is 1. The molecule has 0 aliphatic carbocycles. The molecule has 1 aromatic heterocycles. The minimum atomic E-state index is -0.685. The Bertz CT molecular complexity index is 649. The number of nitro groups is 1. The molecule has 2 rings (SSSR count). The number of aliphatic hydroxyl groups excluding tert-OH is 1. The van der Waals surface area contributed by atoms with Crippen LogP contribution in [-0.2, 0) is 0 Å². The maximum absolute atomic E-state index is 14.1. The van der Waals surface area contributed by atoms with E-state index in [9.17, 15) is 14.5 Å². The first-order chi connectivity index (χ1) is 10.1. The maximum Gasteiger partial charge on any atom is 0.281 e. The molecule has 0 spiro atoms. The van der Waals surface area contributed by atoms with E-state index >= 15 is 0 Å². The fourth-order valence-corrected chi connectivity index (χ4v) is 2.14.